The quantitative estimate of drug-likeness (QED) is 0.170. The second-order valence-corrected chi connectivity index (χ2v) is 10.6. The maximum atomic E-state index is 13.5. The van der Waals surface area contributed by atoms with Crippen molar-refractivity contribution in [2.45, 2.75) is 58.1 Å². The number of carbonyl (C=O) groups is 3. The van der Waals surface area contributed by atoms with Crippen molar-refractivity contribution in [1.29, 1.82) is 0 Å². The number of esters is 3. The van der Waals surface area contributed by atoms with Gasteiger partial charge in [-0.05, 0) is 24.8 Å². The van der Waals surface area contributed by atoms with E-state index in [2.05, 4.69) is 10.3 Å². The Hall–Kier alpha value is -3.78. The van der Waals surface area contributed by atoms with Gasteiger partial charge >= 0.3 is 17.9 Å². The molecule has 3 rings (SSSR count). The summed E-state index contributed by atoms with van der Waals surface area (Å²) in [6.07, 6.45) is -1.49. The third-order valence-corrected chi connectivity index (χ3v) is 6.73. The Bertz CT molecular complexity index is 1210. The van der Waals surface area contributed by atoms with Crippen LogP contribution in [0.15, 0.2) is 42.6 Å². The summed E-state index contributed by atoms with van der Waals surface area (Å²) in [7, 11) is 2.85. The molecular formula is C31H42N2O11. The molecule has 2 N–H and O–H groups in total. The molecule has 0 spiro atoms. The van der Waals surface area contributed by atoms with E-state index >= 15 is 0 Å². The number of hydrogen-bond donors (Lipinski definition) is 2. The van der Waals surface area contributed by atoms with Gasteiger partial charge in [0.1, 0.15) is 30.6 Å². The topological polar surface area (TPSA) is 161 Å². The van der Waals surface area contributed by atoms with E-state index in [-0.39, 0.29) is 36.1 Å². The van der Waals surface area contributed by atoms with Crippen molar-refractivity contribution in [1.82, 2.24) is 10.3 Å². The summed E-state index contributed by atoms with van der Waals surface area (Å²) in [5.41, 5.74) is 0.834. The van der Waals surface area contributed by atoms with Crippen LogP contribution in [-0.2, 0) is 44.5 Å². The van der Waals surface area contributed by atoms with Crippen molar-refractivity contribution in [3.05, 3.63) is 53.9 Å². The van der Waals surface area contributed by atoms with Crippen LogP contribution in [0.3, 0.4) is 0 Å². The zero-order valence-corrected chi connectivity index (χ0v) is 25.7. The van der Waals surface area contributed by atoms with Crippen LogP contribution in [0, 0.1) is 11.8 Å². The normalized spacial score (nSPS) is 21.3. The van der Waals surface area contributed by atoms with Crippen molar-refractivity contribution in [3.63, 3.8) is 0 Å². The molecule has 0 radical (unpaired) electrons. The fourth-order valence-electron chi connectivity index (χ4n) is 4.50. The number of pyridine rings is 1. The maximum absolute atomic E-state index is 13.5. The molecule has 13 heteroatoms. The zero-order chi connectivity index (χ0) is 32.1. The minimum atomic E-state index is -1.61. The molecule has 1 aliphatic rings. The largest absolute Gasteiger partial charge is 0.493 e. The summed E-state index contributed by atoms with van der Waals surface area (Å²) in [6, 6.07) is 9.65. The number of ether oxygens (including phenoxy) is 7. The highest BCUT2D eigenvalue weighted by Gasteiger charge is 2.40. The molecule has 1 aromatic carbocycles. The summed E-state index contributed by atoms with van der Waals surface area (Å²) in [5.74, 6) is -2.30. The first kappa shape index (κ1) is 34.7. The van der Waals surface area contributed by atoms with Crippen molar-refractivity contribution in [2.75, 3.05) is 40.8 Å². The minimum absolute atomic E-state index is 0.0254. The second kappa shape index (κ2) is 17.5. The summed E-state index contributed by atoms with van der Waals surface area (Å²) >= 11 is 0. The number of aliphatic hydroxyl groups is 1. The fraction of sp³-hybridized carbons (Fsp3) is 0.548. The van der Waals surface area contributed by atoms with Gasteiger partial charge < -0.3 is 38.3 Å². The molecule has 5 atom stereocenters. The summed E-state index contributed by atoms with van der Waals surface area (Å²) in [4.78, 5) is 42.8. The minimum Gasteiger partial charge on any atom is -0.493 e. The van der Waals surface area contributed by atoms with Crippen LogP contribution >= 0.6 is 0 Å². The number of nitrogens with zero attached hydrogens (tertiary/aromatic N) is 1. The number of nitrogens with one attached hydrogen (secondary N) is 1. The van der Waals surface area contributed by atoms with Gasteiger partial charge in [-0.3, -0.25) is 24.7 Å². The Morgan fingerprint density at radius 2 is 1.89 bits per heavy atom. The molecule has 2 heterocycles. The Balaban J connectivity index is 1.79. The highest BCUT2D eigenvalue weighted by atomic mass is 16.7. The molecule has 2 unspecified atom stereocenters. The number of rotatable bonds is 15. The maximum Gasteiger partial charge on any atom is 0.327 e. The van der Waals surface area contributed by atoms with E-state index in [9.17, 15) is 19.5 Å². The van der Waals surface area contributed by atoms with E-state index in [1.165, 1.54) is 26.5 Å². The predicted molar refractivity (Wildman–Crippen MR) is 155 cm³/mol. The van der Waals surface area contributed by atoms with Crippen LogP contribution in [0.1, 0.15) is 44.7 Å². The third-order valence-electron chi connectivity index (χ3n) is 6.73. The van der Waals surface area contributed by atoms with Crippen LogP contribution < -0.4 is 14.8 Å². The molecule has 1 saturated heterocycles. The Morgan fingerprint density at radius 3 is 2.57 bits per heavy atom. The highest BCUT2D eigenvalue weighted by Crippen LogP contribution is 2.33. The lowest BCUT2D eigenvalue weighted by molar-refractivity contribution is -0.165. The van der Waals surface area contributed by atoms with E-state index in [0.717, 1.165) is 5.56 Å². The van der Waals surface area contributed by atoms with Gasteiger partial charge in [0.15, 0.2) is 17.7 Å². The van der Waals surface area contributed by atoms with Gasteiger partial charge in [0.05, 0.1) is 26.1 Å². The molecule has 1 fully saturated rings. The van der Waals surface area contributed by atoms with E-state index in [1.807, 2.05) is 44.2 Å². The molecule has 0 aliphatic carbocycles. The monoisotopic (exact) mass is 618 g/mol. The van der Waals surface area contributed by atoms with Gasteiger partial charge in [0.25, 0.3) is 0 Å². The highest BCUT2D eigenvalue weighted by molar-refractivity contribution is 5.79. The Kier molecular flexibility index (Phi) is 13.8. The number of hydrogen-bond acceptors (Lipinski definition) is 13. The molecule has 242 valence electrons. The van der Waals surface area contributed by atoms with Crippen LogP contribution in [0.2, 0.25) is 0 Å². The average molecular weight is 619 g/mol. The van der Waals surface area contributed by atoms with Crippen LogP contribution in [0.5, 0.6) is 11.5 Å². The third kappa shape index (κ3) is 10.2. The SMILES string of the molecule is COCCC(=O)OCOc1c(OC)ccnc1C(O)N[C@H]1COC(=O)C(Cc2ccccc2)[C@@H](OCC(C)C)[C@H](C)OC1=O. The second-order valence-electron chi connectivity index (χ2n) is 10.6. The Morgan fingerprint density at radius 1 is 1.14 bits per heavy atom. The lowest BCUT2D eigenvalue weighted by Crippen LogP contribution is -2.45. The first-order valence-corrected chi connectivity index (χ1v) is 14.4. The van der Waals surface area contributed by atoms with Crippen LogP contribution in [-0.4, -0.2) is 87.1 Å². The average Bonchev–Trinajstić information content (AvgIpc) is 3.04. The summed E-state index contributed by atoms with van der Waals surface area (Å²) in [5, 5.41) is 13.8. The number of methoxy groups -OCH3 is 2. The first-order chi connectivity index (χ1) is 21.1. The molecule has 44 heavy (non-hydrogen) atoms. The molecule has 1 aromatic heterocycles. The smallest absolute Gasteiger partial charge is 0.327 e. The van der Waals surface area contributed by atoms with Gasteiger partial charge in [-0.15, -0.1) is 0 Å². The molecule has 0 amide bonds. The van der Waals surface area contributed by atoms with E-state index in [0.29, 0.717) is 13.0 Å². The number of benzene rings is 1. The molecule has 0 saturated carbocycles. The lowest BCUT2D eigenvalue weighted by Gasteiger charge is -2.30. The summed E-state index contributed by atoms with van der Waals surface area (Å²) < 4.78 is 38.3. The molecule has 2 aromatic rings. The summed E-state index contributed by atoms with van der Waals surface area (Å²) in [6.45, 7) is 5.23. The van der Waals surface area contributed by atoms with E-state index < -0.39 is 61.7 Å². The standard InChI is InChI=1S/C31H42N2O11/c1-19(2)16-40-27-20(3)44-31(37)23(17-41-30(36)22(27)15-21-9-7-6-8-10-21)33-29(35)26-28(24(39-5)11-13-32-26)43-18-42-25(34)12-14-38-4/h6-11,13,19-20,22-23,27,29,33,35H,12,14-18H2,1-5H3/t20-,22?,23-,27-,29?/m0/s1. The van der Waals surface area contributed by atoms with Gasteiger partial charge in [-0.25, -0.2) is 0 Å². The predicted octanol–water partition coefficient (Wildman–Crippen LogP) is 2.34. The first-order valence-electron chi connectivity index (χ1n) is 14.4. The van der Waals surface area contributed by atoms with Crippen molar-refractivity contribution in [2.24, 2.45) is 11.8 Å². The van der Waals surface area contributed by atoms with Crippen molar-refractivity contribution >= 4 is 17.9 Å². The Labute approximate surface area is 257 Å². The molecule has 13 nitrogen and oxygen atoms in total. The molecule has 0 bridgehead atoms. The number of carbonyl (C=O) groups excluding carboxylic acids is 3. The number of cyclic esters (lactones) is 2. The van der Waals surface area contributed by atoms with E-state index in [1.54, 1.807) is 6.92 Å². The van der Waals surface area contributed by atoms with Crippen LogP contribution in [0.4, 0.5) is 0 Å². The van der Waals surface area contributed by atoms with Crippen molar-refractivity contribution < 1.29 is 52.6 Å². The molecule has 1 aliphatic heterocycles. The van der Waals surface area contributed by atoms with Gasteiger partial charge in [0, 0.05) is 26.0 Å². The van der Waals surface area contributed by atoms with Gasteiger partial charge in [0.2, 0.25) is 6.79 Å². The lowest BCUT2D eigenvalue weighted by atomic mass is 9.91. The van der Waals surface area contributed by atoms with Crippen molar-refractivity contribution in [3.8, 4) is 11.5 Å². The zero-order valence-electron chi connectivity index (χ0n) is 25.7. The van der Waals surface area contributed by atoms with Gasteiger partial charge in [-0.1, -0.05) is 44.2 Å². The molecular weight excluding hydrogens is 576 g/mol. The number of aliphatic hydroxyl groups excluding tert-OH is 1. The van der Waals surface area contributed by atoms with E-state index in [4.69, 9.17) is 33.2 Å². The van der Waals surface area contributed by atoms with Gasteiger partial charge in [-0.2, -0.15) is 0 Å². The van der Waals surface area contributed by atoms with Crippen LogP contribution in [0.25, 0.3) is 0 Å². The fourth-order valence-corrected chi connectivity index (χ4v) is 4.50. The number of aromatic nitrogens is 1.